The summed E-state index contributed by atoms with van der Waals surface area (Å²) in [5, 5.41) is 5.48. The van der Waals surface area contributed by atoms with E-state index in [9.17, 15) is 0 Å². The zero-order chi connectivity index (χ0) is 13.6. The smallest absolute Gasteiger partial charge is 0.141 e. The van der Waals surface area contributed by atoms with Gasteiger partial charge in [0.05, 0.1) is 21.8 Å². The molecular weight excluding hydrogens is 280 g/mol. The van der Waals surface area contributed by atoms with Gasteiger partial charge in [-0.15, -0.1) is 12.6 Å². The lowest BCUT2D eigenvalue weighted by Crippen LogP contribution is -1.88. The van der Waals surface area contributed by atoms with E-state index in [2.05, 4.69) is 22.8 Å². The number of aryl methyl sites for hydroxylation is 2. The average Bonchev–Trinajstić information content (AvgIpc) is 2.71. The average molecular weight is 291 g/mol. The van der Waals surface area contributed by atoms with Crippen LogP contribution in [0, 0.1) is 13.8 Å². The van der Waals surface area contributed by atoms with E-state index >= 15 is 0 Å². The van der Waals surface area contributed by atoms with Crippen LogP contribution in [0.15, 0.2) is 33.8 Å². The molecule has 0 atom stereocenters. The summed E-state index contributed by atoms with van der Waals surface area (Å²) < 4.78 is 5.19. The lowest BCUT2D eigenvalue weighted by Gasteiger charge is -2.07. The summed E-state index contributed by atoms with van der Waals surface area (Å²) in [4.78, 5) is 5.29. The molecule has 0 aliphatic rings. The molecule has 96 valence electrons. The van der Waals surface area contributed by atoms with Crippen molar-refractivity contribution in [2.75, 3.05) is 0 Å². The summed E-state index contributed by atoms with van der Waals surface area (Å²) in [6.07, 6.45) is 1.76. The van der Waals surface area contributed by atoms with Crippen molar-refractivity contribution in [3.8, 4) is 11.1 Å². The molecule has 3 rings (SSSR count). The van der Waals surface area contributed by atoms with E-state index in [0.717, 1.165) is 38.4 Å². The molecule has 3 nitrogen and oxygen atoms in total. The first-order chi connectivity index (χ1) is 9.08. The van der Waals surface area contributed by atoms with Crippen molar-refractivity contribution in [1.29, 1.82) is 0 Å². The SMILES string of the molecule is Cc1noc(C)c1-c1cnc2ccc(S)cc2c1Cl. The number of pyridine rings is 1. The molecule has 2 aromatic heterocycles. The van der Waals surface area contributed by atoms with E-state index in [4.69, 9.17) is 16.1 Å². The van der Waals surface area contributed by atoms with Crippen LogP contribution in [0.1, 0.15) is 11.5 Å². The first-order valence-electron chi connectivity index (χ1n) is 5.78. The molecule has 0 unspecified atom stereocenters. The molecule has 19 heavy (non-hydrogen) atoms. The van der Waals surface area contributed by atoms with Crippen LogP contribution in [0.4, 0.5) is 0 Å². The van der Waals surface area contributed by atoms with Crippen molar-refractivity contribution < 1.29 is 4.52 Å². The van der Waals surface area contributed by atoms with Gasteiger partial charge >= 0.3 is 0 Å². The Morgan fingerprint density at radius 1 is 1.26 bits per heavy atom. The van der Waals surface area contributed by atoms with Crippen molar-refractivity contribution in [3.05, 3.63) is 40.9 Å². The highest BCUT2D eigenvalue weighted by molar-refractivity contribution is 7.80. The van der Waals surface area contributed by atoms with E-state index in [1.807, 2.05) is 32.0 Å². The fourth-order valence-corrected chi connectivity index (χ4v) is 2.69. The molecule has 2 heterocycles. The minimum atomic E-state index is 0.648. The molecule has 0 aliphatic heterocycles. The zero-order valence-electron chi connectivity index (χ0n) is 10.4. The zero-order valence-corrected chi connectivity index (χ0v) is 12.1. The first kappa shape index (κ1) is 12.5. The van der Waals surface area contributed by atoms with Gasteiger partial charge in [-0.2, -0.15) is 0 Å². The van der Waals surface area contributed by atoms with Gasteiger partial charge < -0.3 is 4.52 Å². The Labute approximate surface area is 121 Å². The third-order valence-electron chi connectivity index (χ3n) is 3.09. The summed E-state index contributed by atoms with van der Waals surface area (Å²) in [5.74, 6) is 0.738. The molecule has 0 radical (unpaired) electrons. The molecule has 5 heteroatoms. The number of nitrogens with zero attached hydrogens (tertiary/aromatic N) is 2. The van der Waals surface area contributed by atoms with Gasteiger partial charge in [0, 0.05) is 22.0 Å². The standard InChI is InChI=1S/C14H11ClN2OS/c1-7-13(8(2)18-17-7)11-6-16-12-4-3-9(19)5-10(12)14(11)15/h3-6,19H,1-2H3. The summed E-state index contributed by atoms with van der Waals surface area (Å²) >= 11 is 10.8. The predicted molar refractivity (Wildman–Crippen MR) is 79.0 cm³/mol. The molecular formula is C14H11ClN2OS. The highest BCUT2D eigenvalue weighted by Gasteiger charge is 2.16. The summed E-state index contributed by atoms with van der Waals surface area (Å²) in [6.45, 7) is 3.76. The van der Waals surface area contributed by atoms with Crippen molar-refractivity contribution >= 4 is 35.1 Å². The Kier molecular flexibility index (Phi) is 2.99. The van der Waals surface area contributed by atoms with E-state index in [1.165, 1.54) is 0 Å². The Bertz CT molecular complexity index is 763. The second kappa shape index (κ2) is 4.54. The molecule has 1 aromatic carbocycles. The molecule has 0 bridgehead atoms. The number of thiol groups is 1. The van der Waals surface area contributed by atoms with Gasteiger partial charge in [-0.25, -0.2) is 0 Å². The fourth-order valence-electron chi connectivity index (χ4n) is 2.19. The number of hydrogen-bond donors (Lipinski definition) is 1. The first-order valence-corrected chi connectivity index (χ1v) is 6.61. The van der Waals surface area contributed by atoms with Gasteiger partial charge in [-0.3, -0.25) is 4.98 Å². The fraction of sp³-hybridized carbons (Fsp3) is 0.143. The number of rotatable bonds is 1. The normalized spacial score (nSPS) is 11.2. The molecule has 0 N–H and O–H groups in total. The number of hydrogen-bond acceptors (Lipinski definition) is 4. The van der Waals surface area contributed by atoms with Crippen LogP contribution in [0.25, 0.3) is 22.0 Å². The molecule has 0 fully saturated rings. The van der Waals surface area contributed by atoms with Crippen LogP contribution in [-0.4, -0.2) is 10.1 Å². The van der Waals surface area contributed by atoms with Gasteiger partial charge in [0.1, 0.15) is 5.76 Å². The maximum atomic E-state index is 6.51. The summed E-state index contributed by atoms with van der Waals surface area (Å²) in [6, 6.07) is 5.71. The van der Waals surface area contributed by atoms with Crippen LogP contribution in [0.3, 0.4) is 0 Å². The Hall–Kier alpha value is -1.52. The van der Waals surface area contributed by atoms with Crippen LogP contribution in [-0.2, 0) is 0 Å². The molecule has 0 aliphatic carbocycles. The second-order valence-electron chi connectivity index (χ2n) is 4.39. The third-order valence-corrected chi connectivity index (χ3v) is 3.77. The van der Waals surface area contributed by atoms with E-state index in [0.29, 0.717) is 5.02 Å². The van der Waals surface area contributed by atoms with Crippen molar-refractivity contribution in [2.24, 2.45) is 0 Å². The number of aromatic nitrogens is 2. The summed E-state index contributed by atoms with van der Waals surface area (Å²) in [5.41, 5.74) is 3.40. The molecule has 0 amide bonds. The Morgan fingerprint density at radius 2 is 2.05 bits per heavy atom. The van der Waals surface area contributed by atoms with Crippen LogP contribution >= 0.6 is 24.2 Å². The van der Waals surface area contributed by atoms with Crippen molar-refractivity contribution in [2.45, 2.75) is 18.7 Å². The maximum Gasteiger partial charge on any atom is 0.141 e. The number of halogens is 1. The molecule has 0 saturated carbocycles. The van der Waals surface area contributed by atoms with Crippen LogP contribution in [0.5, 0.6) is 0 Å². The third kappa shape index (κ3) is 2.01. The minimum Gasteiger partial charge on any atom is -0.361 e. The molecule has 0 saturated heterocycles. The van der Waals surface area contributed by atoms with Crippen LogP contribution < -0.4 is 0 Å². The Balaban J connectivity index is 2.34. The van der Waals surface area contributed by atoms with Crippen LogP contribution in [0.2, 0.25) is 5.02 Å². The molecule has 0 spiro atoms. The van der Waals surface area contributed by atoms with Gasteiger partial charge in [-0.05, 0) is 32.0 Å². The quantitative estimate of drug-likeness (QED) is 0.673. The predicted octanol–water partition coefficient (Wildman–Crippen LogP) is 4.45. The van der Waals surface area contributed by atoms with E-state index in [1.54, 1.807) is 6.20 Å². The Morgan fingerprint density at radius 3 is 2.74 bits per heavy atom. The van der Waals surface area contributed by atoms with Gasteiger partial charge in [-0.1, -0.05) is 16.8 Å². The van der Waals surface area contributed by atoms with E-state index in [-0.39, 0.29) is 0 Å². The molecule has 3 aromatic rings. The second-order valence-corrected chi connectivity index (χ2v) is 5.28. The number of benzene rings is 1. The van der Waals surface area contributed by atoms with Crippen molar-refractivity contribution in [1.82, 2.24) is 10.1 Å². The summed E-state index contributed by atoms with van der Waals surface area (Å²) in [7, 11) is 0. The van der Waals surface area contributed by atoms with Crippen molar-refractivity contribution in [3.63, 3.8) is 0 Å². The maximum absolute atomic E-state index is 6.51. The van der Waals surface area contributed by atoms with Gasteiger partial charge in [0.15, 0.2) is 0 Å². The number of fused-ring (bicyclic) bond motifs is 1. The van der Waals surface area contributed by atoms with Gasteiger partial charge in [0.25, 0.3) is 0 Å². The lowest BCUT2D eigenvalue weighted by atomic mass is 10.0. The highest BCUT2D eigenvalue weighted by atomic mass is 35.5. The highest BCUT2D eigenvalue weighted by Crippen LogP contribution is 2.36. The largest absolute Gasteiger partial charge is 0.361 e. The van der Waals surface area contributed by atoms with Gasteiger partial charge in [0.2, 0.25) is 0 Å². The lowest BCUT2D eigenvalue weighted by molar-refractivity contribution is 0.393. The minimum absolute atomic E-state index is 0.648. The topological polar surface area (TPSA) is 38.9 Å². The van der Waals surface area contributed by atoms with E-state index < -0.39 is 0 Å². The monoisotopic (exact) mass is 290 g/mol.